The SMILES string of the molecule is COc1cccc(CN(CC2CCCO2)C(=O)c2cccc(CS(=O)(=O)c3ccccc3)c2)c1. The van der Waals surface area contributed by atoms with Crippen LogP contribution in [0.15, 0.2) is 83.8 Å². The van der Waals surface area contributed by atoms with E-state index >= 15 is 0 Å². The Hall–Kier alpha value is -3.16. The summed E-state index contributed by atoms with van der Waals surface area (Å²) in [5.74, 6) is 0.409. The first-order valence-electron chi connectivity index (χ1n) is 11.4. The van der Waals surface area contributed by atoms with E-state index in [-0.39, 0.29) is 22.7 Å². The number of rotatable bonds is 9. The Morgan fingerprint density at radius 1 is 1.00 bits per heavy atom. The van der Waals surface area contributed by atoms with Gasteiger partial charge in [-0.25, -0.2) is 8.42 Å². The van der Waals surface area contributed by atoms with Crippen LogP contribution in [0.2, 0.25) is 0 Å². The molecular formula is C27H29NO5S. The van der Waals surface area contributed by atoms with E-state index in [0.29, 0.717) is 30.8 Å². The molecule has 0 bridgehead atoms. The number of nitrogens with zero attached hydrogens (tertiary/aromatic N) is 1. The predicted molar refractivity (Wildman–Crippen MR) is 130 cm³/mol. The lowest BCUT2D eigenvalue weighted by Crippen LogP contribution is -2.37. The summed E-state index contributed by atoms with van der Waals surface area (Å²) in [6.07, 6.45) is 1.90. The van der Waals surface area contributed by atoms with Crippen LogP contribution >= 0.6 is 0 Å². The van der Waals surface area contributed by atoms with Gasteiger partial charge in [0.15, 0.2) is 9.84 Å². The largest absolute Gasteiger partial charge is 0.497 e. The fourth-order valence-corrected chi connectivity index (χ4v) is 5.51. The summed E-state index contributed by atoms with van der Waals surface area (Å²) in [7, 11) is -1.90. The maximum absolute atomic E-state index is 13.6. The van der Waals surface area contributed by atoms with E-state index in [4.69, 9.17) is 9.47 Å². The first-order chi connectivity index (χ1) is 16.4. The number of hydrogen-bond donors (Lipinski definition) is 0. The minimum atomic E-state index is -3.51. The van der Waals surface area contributed by atoms with Crippen molar-refractivity contribution in [2.45, 2.75) is 36.1 Å². The van der Waals surface area contributed by atoms with Gasteiger partial charge in [-0.15, -0.1) is 0 Å². The fraction of sp³-hybridized carbons (Fsp3) is 0.296. The van der Waals surface area contributed by atoms with Crippen LogP contribution in [0.5, 0.6) is 5.75 Å². The fourth-order valence-electron chi connectivity index (χ4n) is 4.15. The van der Waals surface area contributed by atoms with Crippen molar-refractivity contribution in [2.75, 3.05) is 20.3 Å². The van der Waals surface area contributed by atoms with Crippen LogP contribution in [0.1, 0.15) is 34.3 Å². The van der Waals surface area contributed by atoms with E-state index in [1.807, 2.05) is 24.3 Å². The molecule has 1 unspecified atom stereocenters. The molecule has 0 saturated carbocycles. The third-order valence-electron chi connectivity index (χ3n) is 5.88. The molecule has 6 nitrogen and oxygen atoms in total. The highest BCUT2D eigenvalue weighted by atomic mass is 32.2. The van der Waals surface area contributed by atoms with Crippen LogP contribution in [0.4, 0.5) is 0 Å². The summed E-state index contributed by atoms with van der Waals surface area (Å²) < 4.78 is 36.8. The van der Waals surface area contributed by atoms with Gasteiger partial charge in [-0.3, -0.25) is 4.79 Å². The Balaban J connectivity index is 1.56. The summed E-state index contributed by atoms with van der Waals surface area (Å²) in [5.41, 5.74) is 1.99. The van der Waals surface area contributed by atoms with Crippen molar-refractivity contribution in [1.29, 1.82) is 0 Å². The average Bonchev–Trinajstić information content (AvgIpc) is 3.37. The lowest BCUT2D eigenvalue weighted by molar-refractivity contribution is 0.0507. The predicted octanol–water partition coefficient (Wildman–Crippen LogP) is 4.49. The highest BCUT2D eigenvalue weighted by Crippen LogP contribution is 2.21. The standard InChI is InChI=1S/C27H29NO5S/c1-32-24-11-6-8-21(17-24)18-28(19-25-12-7-15-33-25)27(29)23-10-5-9-22(16-23)20-34(30,31)26-13-3-2-4-14-26/h2-6,8-11,13-14,16-17,25H,7,12,15,18-20H2,1H3. The third-order valence-corrected chi connectivity index (χ3v) is 7.58. The zero-order valence-electron chi connectivity index (χ0n) is 19.2. The van der Waals surface area contributed by atoms with Gasteiger partial charge in [0, 0.05) is 25.3 Å². The van der Waals surface area contributed by atoms with Crippen molar-refractivity contribution in [1.82, 2.24) is 4.90 Å². The lowest BCUT2D eigenvalue weighted by Gasteiger charge is -2.26. The summed E-state index contributed by atoms with van der Waals surface area (Å²) in [4.78, 5) is 15.6. The maximum atomic E-state index is 13.6. The molecule has 1 aliphatic heterocycles. The number of methoxy groups -OCH3 is 1. The Morgan fingerprint density at radius 3 is 2.50 bits per heavy atom. The number of benzene rings is 3. The monoisotopic (exact) mass is 479 g/mol. The third kappa shape index (κ3) is 6.04. The van der Waals surface area contributed by atoms with Crippen LogP contribution in [0, 0.1) is 0 Å². The van der Waals surface area contributed by atoms with E-state index in [1.165, 1.54) is 0 Å². The second-order valence-electron chi connectivity index (χ2n) is 8.44. The normalized spacial score (nSPS) is 15.7. The smallest absolute Gasteiger partial charge is 0.254 e. The summed E-state index contributed by atoms with van der Waals surface area (Å²) >= 11 is 0. The molecule has 0 N–H and O–H groups in total. The molecule has 1 saturated heterocycles. The highest BCUT2D eigenvalue weighted by molar-refractivity contribution is 7.90. The first kappa shape index (κ1) is 24.0. The maximum Gasteiger partial charge on any atom is 0.254 e. The van der Waals surface area contributed by atoms with Gasteiger partial charge in [0.2, 0.25) is 0 Å². The van der Waals surface area contributed by atoms with Crippen molar-refractivity contribution in [3.05, 3.63) is 95.6 Å². The number of carbonyl (C=O) groups is 1. The lowest BCUT2D eigenvalue weighted by atomic mass is 10.1. The summed E-state index contributed by atoms with van der Waals surface area (Å²) in [6.45, 7) is 1.59. The first-order valence-corrected chi connectivity index (χ1v) is 13.0. The van der Waals surface area contributed by atoms with E-state index in [9.17, 15) is 13.2 Å². The van der Waals surface area contributed by atoms with Crippen LogP contribution in [-0.2, 0) is 26.9 Å². The molecule has 178 valence electrons. The molecule has 1 fully saturated rings. The van der Waals surface area contributed by atoms with Crippen LogP contribution in [0.3, 0.4) is 0 Å². The number of ether oxygens (including phenoxy) is 2. The van der Waals surface area contributed by atoms with Crippen molar-refractivity contribution in [3.8, 4) is 5.75 Å². The zero-order valence-corrected chi connectivity index (χ0v) is 20.0. The van der Waals surface area contributed by atoms with Gasteiger partial charge in [-0.2, -0.15) is 0 Å². The van der Waals surface area contributed by atoms with Gasteiger partial charge >= 0.3 is 0 Å². The molecule has 1 amide bonds. The molecule has 4 rings (SSSR count). The molecule has 3 aromatic carbocycles. The van der Waals surface area contributed by atoms with Gasteiger partial charge in [0.05, 0.1) is 23.9 Å². The van der Waals surface area contributed by atoms with Crippen molar-refractivity contribution < 1.29 is 22.7 Å². The van der Waals surface area contributed by atoms with Gasteiger partial charge < -0.3 is 14.4 Å². The molecule has 3 aromatic rings. The van der Waals surface area contributed by atoms with Gasteiger partial charge in [-0.05, 0) is 60.4 Å². The topological polar surface area (TPSA) is 72.9 Å². The van der Waals surface area contributed by atoms with Gasteiger partial charge in [0.1, 0.15) is 5.75 Å². The van der Waals surface area contributed by atoms with E-state index < -0.39 is 9.84 Å². The second-order valence-corrected chi connectivity index (χ2v) is 10.4. The molecule has 1 heterocycles. The zero-order chi connectivity index (χ0) is 24.0. The molecule has 0 radical (unpaired) electrons. The Labute approximate surface area is 201 Å². The quantitative estimate of drug-likeness (QED) is 0.452. The van der Waals surface area contributed by atoms with E-state index in [2.05, 4.69) is 0 Å². The number of amides is 1. The molecular weight excluding hydrogens is 450 g/mol. The Morgan fingerprint density at radius 2 is 1.76 bits per heavy atom. The van der Waals surface area contributed by atoms with Crippen molar-refractivity contribution >= 4 is 15.7 Å². The number of carbonyl (C=O) groups excluding carboxylic acids is 1. The van der Waals surface area contributed by atoms with Crippen LogP contribution in [-0.4, -0.2) is 45.6 Å². The van der Waals surface area contributed by atoms with E-state index in [0.717, 1.165) is 24.2 Å². The Bertz CT molecular complexity index is 1220. The highest BCUT2D eigenvalue weighted by Gasteiger charge is 2.24. The van der Waals surface area contributed by atoms with E-state index in [1.54, 1.807) is 66.6 Å². The minimum absolute atomic E-state index is 0.00352. The number of hydrogen-bond acceptors (Lipinski definition) is 5. The van der Waals surface area contributed by atoms with Crippen LogP contribution < -0.4 is 4.74 Å². The second kappa shape index (κ2) is 10.8. The molecule has 0 aliphatic carbocycles. The van der Waals surface area contributed by atoms with Crippen molar-refractivity contribution in [2.24, 2.45) is 0 Å². The number of sulfone groups is 1. The average molecular weight is 480 g/mol. The molecule has 1 atom stereocenters. The Kier molecular flexibility index (Phi) is 7.65. The molecule has 34 heavy (non-hydrogen) atoms. The molecule has 0 aromatic heterocycles. The van der Waals surface area contributed by atoms with Crippen LogP contribution in [0.25, 0.3) is 0 Å². The van der Waals surface area contributed by atoms with Crippen molar-refractivity contribution in [3.63, 3.8) is 0 Å². The van der Waals surface area contributed by atoms with Gasteiger partial charge in [-0.1, -0.05) is 42.5 Å². The molecule has 7 heteroatoms. The van der Waals surface area contributed by atoms with Gasteiger partial charge in [0.25, 0.3) is 5.91 Å². The minimum Gasteiger partial charge on any atom is -0.497 e. The summed E-state index contributed by atoms with van der Waals surface area (Å²) in [5, 5.41) is 0. The molecule has 1 aliphatic rings. The summed E-state index contributed by atoms with van der Waals surface area (Å²) in [6, 6.07) is 22.9. The molecule has 0 spiro atoms.